The first-order valence-electron chi connectivity index (χ1n) is 12.7. The summed E-state index contributed by atoms with van der Waals surface area (Å²) in [4.78, 5) is 39.6. The average molecular weight is 475 g/mol. The van der Waals surface area contributed by atoms with Gasteiger partial charge in [0.25, 0.3) is 0 Å². The van der Waals surface area contributed by atoms with E-state index in [4.69, 9.17) is 5.73 Å². The van der Waals surface area contributed by atoms with Crippen molar-refractivity contribution in [2.24, 2.45) is 11.1 Å². The van der Waals surface area contributed by atoms with E-state index in [9.17, 15) is 9.59 Å². The number of amides is 2. The number of primary amides is 1. The molecule has 8 nitrogen and oxygen atoms in total. The molecule has 3 aliphatic rings. The summed E-state index contributed by atoms with van der Waals surface area (Å²) in [5.41, 5.74) is 7.94. The molecular weight excluding hydrogens is 440 g/mol. The smallest absolute Gasteiger partial charge is 0.226 e. The molecule has 3 aromatic rings. The Hall–Kier alpha value is -3.26. The highest BCUT2D eigenvalue weighted by Gasteiger charge is 2.45. The molecule has 3 aliphatic heterocycles. The molecular formula is C27H34N6O2. The summed E-state index contributed by atoms with van der Waals surface area (Å²) >= 11 is 0. The standard InChI is InChI=1S/C27H34N6O2/c28-24(34)7-3-1-2-6-22(32-26(35)27-10-14-33(15-11-27)16-12-27)25-30-18-23(31-25)20-8-9-21-19(17-20)5-4-13-29-21/h4-5,8-9,13,17-18,22H,1-3,6-7,10-12,14-16H2,(H2,28,34)(H,30,31)(H,32,35)/t22-/m0/s1. The molecule has 5 heterocycles. The van der Waals surface area contributed by atoms with E-state index in [1.54, 1.807) is 6.20 Å². The van der Waals surface area contributed by atoms with Crippen LogP contribution in [0.15, 0.2) is 42.7 Å². The molecule has 0 spiro atoms. The summed E-state index contributed by atoms with van der Waals surface area (Å²) in [6.07, 6.45) is 10.1. The van der Waals surface area contributed by atoms with Gasteiger partial charge >= 0.3 is 0 Å². The van der Waals surface area contributed by atoms with Crippen molar-refractivity contribution in [2.75, 3.05) is 19.6 Å². The predicted molar refractivity (Wildman–Crippen MR) is 135 cm³/mol. The van der Waals surface area contributed by atoms with Crippen molar-refractivity contribution in [1.82, 2.24) is 25.2 Å². The summed E-state index contributed by atoms with van der Waals surface area (Å²) in [7, 11) is 0. The van der Waals surface area contributed by atoms with Crippen LogP contribution in [0.4, 0.5) is 0 Å². The van der Waals surface area contributed by atoms with E-state index in [-0.39, 0.29) is 23.3 Å². The highest BCUT2D eigenvalue weighted by molar-refractivity contribution is 5.84. The molecule has 0 saturated carbocycles. The maximum atomic E-state index is 13.5. The Balaban J connectivity index is 1.33. The lowest BCUT2D eigenvalue weighted by Crippen LogP contribution is -2.55. The van der Waals surface area contributed by atoms with Crippen molar-refractivity contribution in [3.63, 3.8) is 0 Å². The number of nitrogens with one attached hydrogen (secondary N) is 2. The average Bonchev–Trinajstić information content (AvgIpc) is 3.38. The van der Waals surface area contributed by atoms with E-state index < -0.39 is 0 Å². The molecule has 3 saturated heterocycles. The normalized spacial score (nSPS) is 22.2. The number of nitrogens with two attached hydrogens (primary N) is 1. The molecule has 1 atom stereocenters. The van der Waals surface area contributed by atoms with Gasteiger partial charge in [-0.25, -0.2) is 4.98 Å². The Morgan fingerprint density at radius 1 is 1.09 bits per heavy atom. The fourth-order valence-electron chi connectivity index (χ4n) is 5.48. The van der Waals surface area contributed by atoms with Crippen LogP contribution in [0.3, 0.4) is 0 Å². The van der Waals surface area contributed by atoms with Gasteiger partial charge in [0.15, 0.2) is 0 Å². The number of aromatic nitrogens is 3. The largest absolute Gasteiger partial charge is 0.370 e. The van der Waals surface area contributed by atoms with Crippen molar-refractivity contribution < 1.29 is 9.59 Å². The number of nitrogens with zero attached hydrogens (tertiary/aromatic N) is 3. The number of piperidine rings is 3. The lowest BCUT2D eigenvalue weighted by atomic mass is 9.71. The quantitative estimate of drug-likeness (QED) is 0.387. The molecule has 2 amide bonds. The lowest BCUT2D eigenvalue weighted by Gasteiger charge is -2.47. The number of unbranched alkanes of at least 4 members (excludes halogenated alkanes) is 2. The number of carbonyl (C=O) groups excluding carboxylic acids is 2. The van der Waals surface area contributed by atoms with Gasteiger partial charge in [0.1, 0.15) is 5.82 Å². The van der Waals surface area contributed by atoms with E-state index >= 15 is 0 Å². The monoisotopic (exact) mass is 474 g/mol. The molecule has 6 rings (SSSR count). The van der Waals surface area contributed by atoms with Gasteiger partial charge in [-0.15, -0.1) is 0 Å². The highest BCUT2D eigenvalue weighted by Crippen LogP contribution is 2.41. The van der Waals surface area contributed by atoms with Gasteiger partial charge in [0.05, 0.1) is 28.9 Å². The second kappa shape index (κ2) is 10.2. The van der Waals surface area contributed by atoms with Gasteiger partial charge in [-0.3, -0.25) is 14.6 Å². The second-order valence-electron chi connectivity index (χ2n) is 10.1. The van der Waals surface area contributed by atoms with Crippen LogP contribution < -0.4 is 11.1 Å². The van der Waals surface area contributed by atoms with Crippen molar-refractivity contribution in [3.8, 4) is 11.3 Å². The molecule has 35 heavy (non-hydrogen) atoms. The van der Waals surface area contributed by atoms with Gasteiger partial charge in [-0.1, -0.05) is 25.0 Å². The third-order valence-electron chi connectivity index (χ3n) is 7.76. The van der Waals surface area contributed by atoms with E-state index in [1.807, 2.05) is 30.5 Å². The van der Waals surface area contributed by atoms with E-state index in [0.717, 1.165) is 92.6 Å². The Bertz CT molecular complexity index is 1180. The fraction of sp³-hybridized carbons (Fsp3) is 0.481. The number of carbonyl (C=O) groups is 2. The Morgan fingerprint density at radius 3 is 2.66 bits per heavy atom. The number of aromatic amines is 1. The number of hydrogen-bond donors (Lipinski definition) is 3. The summed E-state index contributed by atoms with van der Waals surface area (Å²) < 4.78 is 0. The van der Waals surface area contributed by atoms with E-state index in [2.05, 4.69) is 31.2 Å². The van der Waals surface area contributed by atoms with Gasteiger partial charge in [0, 0.05) is 23.6 Å². The minimum absolute atomic E-state index is 0.161. The zero-order chi connectivity index (χ0) is 24.3. The van der Waals surface area contributed by atoms with E-state index in [0.29, 0.717) is 6.42 Å². The molecule has 0 unspecified atom stereocenters. The van der Waals surface area contributed by atoms with Gasteiger partial charge in [0.2, 0.25) is 11.8 Å². The molecule has 4 N–H and O–H groups in total. The number of pyridine rings is 1. The molecule has 184 valence electrons. The van der Waals surface area contributed by atoms with Crippen molar-refractivity contribution >= 4 is 22.7 Å². The zero-order valence-corrected chi connectivity index (χ0v) is 20.1. The molecule has 3 fully saturated rings. The first kappa shape index (κ1) is 23.5. The Kier molecular flexibility index (Phi) is 6.81. The van der Waals surface area contributed by atoms with Crippen LogP contribution in [0.2, 0.25) is 0 Å². The van der Waals surface area contributed by atoms with Crippen LogP contribution in [0, 0.1) is 5.41 Å². The van der Waals surface area contributed by atoms with Crippen LogP contribution in [-0.4, -0.2) is 51.3 Å². The van der Waals surface area contributed by atoms with Crippen LogP contribution >= 0.6 is 0 Å². The first-order valence-corrected chi connectivity index (χ1v) is 12.7. The van der Waals surface area contributed by atoms with Gasteiger partial charge in [-0.2, -0.15) is 0 Å². The minimum Gasteiger partial charge on any atom is -0.370 e. The topological polar surface area (TPSA) is 117 Å². The van der Waals surface area contributed by atoms with Gasteiger partial charge in [-0.05, 0) is 69.9 Å². The first-order chi connectivity index (χ1) is 17.0. The summed E-state index contributed by atoms with van der Waals surface area (Å²) in [6.45, 7) is 3.02. The van der Waals surface area contributed by atoms with Crippen LogP contribution in [0.25, 0.3) is 22.2 Å². The second-order valence-corrected chi connectivity index (χ2v) is 10.1. The Labute approximate surface area is 205 Å². The number of hydrogen-bond acceptors (Lipinski definition) is 5. The SMILES string of the molecule is NC(=O)CCCCC[C@H](NC(=O)C12CCN(CC1)CC2)c1ncc(-c2ccc3ncccc3c2)[nH]1. The molecule has 2 aromatic heterocycles. The molecule has 0 radical (unpaired) electrons. The van der Waals surface area contributed by atoms with Crippen LogP contribution in [0.1, 0.15) is 63.2 Å². The maximum absolute atomic E-state index is 13.5. The zero-order valence-electron chi connectivity index (χ0n) is 20.1. The summed E-state index contributed by atoms with van der Waals surface area (Å²) in [5, 5.41) is 4.43. The summed E-state index contributed by atoms with van der Waals surface area (Å²) in [5.74, 6) is 0.673. The maximum Gasteiger partial charge on any atom is 0.226 e. The Morgan fingerprint density at radius 2 is 1.89 bits per heavy atom. The van der Waals surface area contributed by atoms with Crippen molar-refractivity contribution in [2.45, 2.75) is 57.4 Å². The van der Waals surface area contributed by atoms with E-state index in [1.165, 1.54) is 0 Å². The number of H-pyrrole nitrogens is 1. The van der Waals surface area contributed by atoms with Crippen LogP contribution in [-0.2, 0) is 9.59 Å². The summed E-state index contributed by atoms with van der Waals surface area (Å²) in [6, 6.07) is 9.94. The number of imidazole rings is 1. The lowest BCUT2D eigenvalue weighted by molar-refractivity contribution is -0.139. The third kappa shape index (κ3) is 5.22. The number of benzene rings is 1. The van der Waals surface area contributed by atoms with Gasteiger partial charge < -0.3 is 20.9 Å². The van der Waals surface area contributed by atoms with Crippen molar-refractivity contribution in [3.05, 3.63) is 48.5 Å². The predicted octanol–water partition coefficient (Wildman–Crippen LogP) is 3.70. The molecule has 1 aromatic carbocycles. The number of fused-ring (bicyclic) bond motifs is 4. The molecule has 2 bridgehead atoms. The number of rotatable bonds is 10. The molecule has 0 aliphatic carbocycles. The van der Waals surface area contributed by atoms with Crippen LogP contribution in [0.5, 0.6) is 0 Å². The highest BCUT2D eigenvalue weighted by atomic mass is 16.2. The minimum atomic E-state index is -0.265. The molecule has 8 heteroatoms. The van der Waals surface area contributed by atoms with Crippen molar-refractivity contribution in [1.29, 1.82) is 0 Å². The fourth-order valence-corrected chi connectivity index (χ4v) is 5.48. The third-order valence-corrected chi connectivity index (χ3v) is 7.76.